The largest absolute Gasteiger partial charge is 0.496 e. The predicted molar refractivity (Wildman–Crippen MR) is 72.9 cm³/mol. The summed E-state index contributed by atoms with van der Waals surface area (Å²) in [6, 6.07) is 7.21. The maximum Gasteiger partial charge on any atom is 0.255 e. The summed E-state index contributed by atoms with van der Waals surface area (Å²) in [4.78, 5) is 12.0. The first-order valence-corrected chi connectivity index (χ1v) is 6.59. The number of carbonyl (C=O) groups excluding carboxylic acids is 1. The van der Waals surface area contributed by atoms with Gasteiger partial charge in [-0.15, -0.1) is 0 Å². The first-order chi connectivity index (χ1) is 8.00. The lowest BCUT2D eigenvalue weighted by atomic mass is 9.97. The molecule has 0 heterocycles. The van der Waals surface area contributed by atoms with Gasteiger partial charge in [0.15, 0.2) is 0 Å². The SMILES string of the molecule is COc1ccccc1C(=O)NCC(C)(C)CBr. The Morgan fingerprint density at radius 1 is 1.41 bits per heavy atom. The van der Waals surface area contributed by atoms with Crippen LogP contribution in [0.1, 0.15) is 24.2 Å². The molecule has 0 unspecified atom stereocenters. The Labute approximate surface area is 111 Å². The van der Waals surface area contributed by atoms with Gasteiger partial charge in [0.05, 0.1) is 12.7 Å². The number of nitrogens with one attached hydrogen (secondary N) is 1. The Hall–Kier alpha value is -1.03. The fourth-order valence-electron chi connectivity index (χ4n) is 1.29. The fraction of sp³-hybridized carbons (Fsp3) is 0.462. The molecule has 3 nitrogen and oxygen atoms in total. The highest BCUT2D eigenvalue weighted by Gasteiger charge is 2.18. The van der Waals surface area contributed by atoms with Crippen LogP contribution in [0.25, 0.3) is 0 Å². The smallest absolute Gasteiger partial charge is 0.255 e. The number of amides is 1. The lowest BCUT2D eigenvalue weighted by molar-refractivity contribution is 0.0937. The molecule has 0 aliphatic rings. The normalized spacial score (nSPS) is 11.1. The molecule has 0 aliphatic heterocycles. The molecule has 4 heteroatoms. The number of hydrogen-bond acceptors (Lipinski definition) is 2. The van der Waals surface area contributed by atoms with Crippen molar-refractivity contribution in [2.75, 3.05) is 19.0 Å². The summed E-state index contributed by atoms with van der Waals surface area (Å²) in [6.45, 7) is 4.80. The minimum Gasteiger partial charge on any atom is -0.496 e. The third-order valence-electron chi connectivity index (χ3n) is 2.44. The molecule has 0 radical (unpaired) electrons. The molecule has 0 fully saturated rings. The summed E-state index contributed by atoms with van der Waals surface area (Å²) in [5.74, 6) is 0.498. The zero-order valence-electron chi connectivity index (χ0n) is 10.4. The van der Waals surface area contributed by atoms with E-state index in [-0.39, 0.29) is 11.3 Å². The molecule has 17 heavy (non-hydrogen) atoms. The molecule has 0 bridgehead atoms. The second-order valence-electron chi connectivity index (χ2n) is 4.68. The molecule has 0 saturated heterocycles. The van der Waals surface area contributed by atoms with E-state index in [1.807, 2.05) is 12.1 Å². The maximum absolute atomic E-state index is 12.0. The van der Waals surface area contributed by atoms with E-state index in [1.165, 1.54) is 0 Å². The van der Waals surface area contributed by atoms with Crippen LogP contribution in [0, 0.1) is 5.41 Å². The molecule has 1 amide bonds. The van der Waals surface area contributed by atoms with Crippen molar-refractivity contribution in [1.82, 2.24) is 5.32 Å². The fourth-order valence-corrected chi connectivity index (χ4v) is 1.49. The number of ether oxygens (including phenoxy) is 1. The minimum atomic E-state index is -0.100. The van der Waals surface area contributed by atoms with E-state index in [2.05, 4.69) is 35.1 Å². The topological polar surface area (TPSA) is 38.3 Å². The number of para-hydroxylation sites is 1. The minimum absolute atomic E-state index is 0.0394. The number of rotatable bonds is 5. The molecule has 1 aromatic carbocycles. The zero-order chi connectivity index (χ0) is 12.9. The first kappa shape index (κ1) is 14.0. The van der Waals surface area contributed by atoms with Gasteiger partial charge in [0.25, 0.3) is 5.91 Å². The molecule has 0 aromatic heterocycles. The molecule has 0 aliphatic carbocycles. The van der Waals surface area contributed by atoms with Crippen LogP contribution in [0.4, 0.5) is 0 Å². The Kier molecular flexibility index (Phi) is 5.00. The second-order valence-corrected chi connectivity index (χ2v) is 5.24. The van der Waals surface area contributed by atoms with Gasteiger partial charge in [-0.25, -0.2) is 0 Å². The van der Waals surface area contributed by atoms with Crippen LogP contribution in [-0.2, 0) is 0 Å². The highest BCUT2D eigenvalue weighted by Crippen LogP contribution is 2.19. The molecule has 0 spiro atoms. The molecular formula is C13H18BrNO2. The number of alkyl halides is 1. The third-order valence-corrected chi connectivity index (χ3v) is 3.96. The Bertz CT molecular complexity index is 391. The molecule has 1 rings (SSSR count). The van der Waals surface area contributed by atoms with Crippen LogP contribution < -0.4 is 10.1 Å². The Morgan fingerprint density at radius 2 is 2.06 bits per heavy atom. The summed E-state index contributed by atoms with van der Waals surface area (Å²) in [7, 11) is 1.56. The van der Waals surface area contributed by atoms with Crippen LogP contribution in [0.3, 0.4) is 0 Å². The predicted octanol–water partition coefficient (Wildman–Crippen LogP) is 2.85. The average molecular weight is 300 g/mol. The van der Waals surface area contributed by atoms with Gasteiger partial charge in [-0.1, -0.05) is 41.9 Å². The van der Waals surface area contributed by atoms with E-state index in [4.69, 9.17) is 4.74 Å². The van der Waals surface area contributed by atoms with Gasteiger partial charge >= 0.3 is 0 Å². The molecule has 1 aromatic rings. The average Bonchev–Trinajstić information content (AvgIpc) is 2.36. The second kappa shape index (κ2) is 6.05. The van der Waals surface area contributed by atoms with Gasteiger partial charge < -0.3 is 10.1 Å². The van der Waals surface area contributed by atoms with Gasteiger partial charge in [-0.2, -0.15) is 0 Å². The third kappa shape index (κ3) is 4.04. The molecule has 0 atom stereocenters. The van der Waals surface area contributed by atoms with Gasteiger partial charge in [-0.3, -0.25) is 4.79 Å². The Balaban J connectivity index is 2.70. The number of hydrogen-bond donors (Lipinski definition) is 1. The molecule has 1 N–H and O–H groups in total. The van der Waals surface area contributed by atoms with E-state index in [1.54, 1.807) is 19.2 Å². The summed E-state index contributed by atoms with van der Waals surface area (Å²) in [5.41, 5.74) is 0.609. The van der Waals surface area contributed by atoms with Crippen molar-refractivity contribution < 1.29 is 9.53 Å². The van der Waals surface area contributed by atoms with Crippen molar-refractivity contribution in [3.8, 4) is 5.75 Å². The Morgan fingerprint density at radius 3 is 2.65 bits per heavy atom. The number of carbonyl (C=O) groups is 1. The van der Waals surface area contributed by atoms with Crippen LogP contribution in [0.15, 0.2) is 24.3 Å². The van der Waals surface area contributed by atoms with E-state index >= 15 is 0 Å². The molecule has 94 valence electrons. The summed E-state index contributed by atoms with van der Waals surface area (Å²) < 4.78 is 5.15. The summed E-state index contributed by atoms with van der Waals surface area (Å²) in [5, 5.41) is 3.76. The van der Waals surface area contributed by atoms with Crippen LogP contribution >= 0.6 is 15.9 Å². The van der Waals surface area contributed by atoms with Crippen molar-refractivity contribution in [1.29, 1.82) is 0 Å². The van der Waals surface area contributed by atoms with Gasteiger partial charge in [-0.05, 0) is 17.5 Å². The summed E-state index contributed by atoms with van der Waals surface area (Å²) in [6.07, 6.45) is 0. The quantitative estimate of drug-likeness (QED) is 0.849. The van der Waals surface area contributed by atoms with E-state index in [0.29, 0.717) is 17.9 Å². The van der Waals surface area contributed by atoms with Crippen molar-refractivity contribution in [2.24, 2.45) is 5.41 Å². The first-order valence-electron chi connectivity index (χ1n) is 5.47. The standard InChI is InChI=1S/C13H18BrNO2/c1-13(2,8-14)9-15-12(16)10-6-4-5-7-11(10)17-3/h4-7H,8-9H2,1-3H3,(H,15,16). The highest BCUT2D eigenvalue weighted by molar-refractivity contribution is 9.09. The highest BCUT2D eigenvalue weighted by atomic mass is 79.9. The number of benzene rings is 1. The lowest BCUT2D eigenvalue weighted by Gasteiger charge is -2.22. The number of halogens is 1. The molecular weight excluding hydrogens is 282 g/mol. The van der Waals surface area contributed by atoms with Crippen LogP contribution in [-0.4, -0.2) is 24.9 Å². The van der Waals surface area contributed by atoms with Crippen molar-refractivity contribution in [3.05, 3.63) is 29.8 Å². The number of methoxy groups -OCH3 is 1. The summed E-state index contributed by atoms with van der Waals surface area (Å²) >= 11 is 3.43. The molecule has 0 saturated carbocycles. The van der Waals surface area contributed by atoms with E-state index in [0.717, 1.165) is 5.33 Å². The van der Waals surface area contributed by atoms with Crippen molar-refractivity contribution >= 4 is 21.8 Å². The van der Waals surface area contributed by atoms with E-state index < -0.39 is 0 Å². The lowest BCUT2D eigenvalue weighted by Crippen LogP contribution is -2.35. The van der Waals surface area contributed by atoms with Crippen molar-refractivity contribution in [3.63, 3.8) is 0 Å². The van der Waals surface area contributed by atoms with Gasteiger partial charge in [0.1, 0.15) is 5.75 Å². The van der Waals surface area contributed by atoms with Crippen LogP contribution in [0.5, 0.6) is 5.75 Å². The maximum atomic E-state index is 12.0. The van der Waals surface area contributed by atoms with Crippen molar-refractivity contribution in [2.45, 2.75) is 13.8 Å². The van der Waals surface area contributed by atoms with Crippen LogP contribution in [0.2, 0.25) is 0 Å². The monoisotopic (exact) mass is 299 g/mol. The zero-order valence-corrected chi connectivity index (χ0v) is 12.0. The van der Waals surface area contributed by atoms with E-state index in [9.17, 15) is 4.79 Å². The van der Waals surface area contributed by atoms with Gasteiger partial charge in [0, 0.05) is 11.9 Å². The van der Waals surface area contributed by atoms with Gasteiger partial charge in [0.2, 0.25) is 0 Å².